The van der Waals surface area contributed by atoms with Crippen LogP contribution in [0.4, 0.5) is 5.95 Å². The lowest BCUT2D eigenvalue weighted by Gasteiger charge is -2.49. The summed E-state index contributed by atoms with van der Waals surface area (Å²) in [5, 5.41) is 12.0. The van der Waals surface area contributed by atoms with Gasteiger partial charge in [-0.3, -0.25) is 14.9 Å². The highest BCUT2D eigenvalue weighted by atomic mass is 16.2. The number of hydrogen-bond donors (Lipinski definition) is 1. The van der Waals surface area contributed by atoms with Crippen LogP contribution in [0.3, 0.4) is 0 Å². The number of nitrogens with one attached hydrogen (secondary N) is 1. The summed E-state index contributed by atoms with van der Waals surface area (Å²) in [6.45, 7) is 8.16. The molecule has 1 aliphatic rings. The normalized spacial score (nSPS) is 21.4. The zero-order chi connectivity index (χ0) is 18.4. The molecule has 1 aromatic carbocycles. The van der Waals surface area contributed by atoms with Crippen LogP contribution in [-0.4, -0.2) is 21.2 Å². The van der Waals surface area contributed by atoms with Gasteiger partial charge < -0.3 is 4.57 Å². The fraction of sp³-hybridized carbons (Fsp3) is 0.474. The van der Waals surface area contributed by atoms with Crippen LogP contribution in [0.15, 0.2) is 18.2 Å². The van der Waals surface area contributed by atoms with Gasteiger partial charge in [-0.1, -0.05) is 13.8 Å². The van der Waals surface area contributed by atoms with Crippen LogP contribution in [0.1, 0.15) is 39.7 Å². The molecule has 1 amide bonds. The maximum Gasteiger partial charge on any atom is 0.230 e. The molecule has 6 nitrogen and oxygen atoms in total. The standard InChI is InChI=1S/C19H22N4O2/c1-5-23-16-7-6-12(10-20)8-15(16)21-18(23)22-17(25)14-9-13(11(2)24)19(14,3)4/h6-8,13-14H,5,9H2,1-4H3,(H,21,22,25)/t13-,14+/m0/s1. The van der Waals surface area contributed by atoms with Crippen molar-refractivity contribution in [2.75, 3.05) is 5.32 Å². The van der Waals surface area contributed by atoms with E-state index >= 15 is 0 Å². The second-order valence-electron chi connectivity index (χ2n) is 7.26. The van der Waals surface area contributed by atoms with Crippen molar-refractivity contribution in [3.63, 3.8) is 0 Å². The maximum absolute atomic E-state index is 12.7. The first kappa shape index (κ1) is 17.2. The molecule has 1 N–H and O–H groups in total. The van der Waals surface area contributed by atoms with Gasteiger partial charge in [-0.2, -0.15) is 5.26 Å². The molecule has 1 fully saturated rings. The Labute approximate surface area is 146 Å². The molecule has 6 heteroatoms. The molecular weight excluding hydrogens is 316 g/mol. The molecular formula is C19H22N4O2. The number of anilines is 1. The van der Waals surface area contributed by atoms with Gasteiger partial charge in [0.25, 0.3) is 0 Å². The lowest BCUT2D eigenvalue weighted by Crippen LogP contribution is -2.53. The second-order valence-corrected chi connectivity index (χ2v) is 7.26. The lowest BCUT2D eigenvalue weighted by atomic mass is 9.53. The summed E-state index contributed by atoms with van der Waals surface area (Å²) >= 11 is 0. The quantitative estimate of drug-likeness (QED) is 0.928. The topological polar surface area (TPSA) is 87.8 Å². The number of carbonyl (C=O) groups is 2. The molecule has 1 aromatic heterocycles. The van der Waals surface area contributed by atoms with Crippen LogP contribution in [0.2, 0.25) is 0 Å². The van der Waals surface area contributed by atoms with E-state index in [1.54, 1.807) is 19.1 Å². The lowest BCUT2D eigenvalue weighted by molar-refractivity contribution is -0.145. The van der Waals surface area contributed by atoms with Gasteiger partial charge in [0.05, 0.1) is 22.7 Å². The average molecular weight is 338 g/mol. The Kier molecular flexibility index (Phi) is 4.11. The number of aromatic nitrogens is 2. The first-order valence-corrected chi connectivity index (χ1v) is 8.51. The monoisotopic (exact) mass is 338 g/mol. The molecule has 1 saturated carbocycles. The van der Waals surface area contributed by atoms with Crippen molar-refractivity contribution in [1.82, 2.24) is 9.55 Å². The Balaban J connectivity index is 1.87. The van der Waals surface area contributed by atoms with Crippen LogP contribution in [0.5, 0.6) is 0 Å². The number of Topliss-reactive ketones (excluding diaryl/α,β-unsaturated/α-hetero) is 1. The van der Waals surface area contributed by atoms with Crippen molar-refractivity contribution < 1.29 is 9.59 Å². The minimum atomic E-state index is -0.340. The summed E-state index contributed by atoms with van der Waals surface area (Å²) < 4.78 is 1.92. The predicted molar refractivity (Wildman–Crippen MR) is 94.8 cm³/mol. The third kappa shape index (κ3) is 2.70. The van der Waals surface area contributed by atoms with Crippen molar-refractivity contribution in [3.05, 3.63) is 23.8 Å². The van der Waals surface area contributed by atoms with Gasteiger partial charge in [0.15, 0.2) is 0 Å². The zero-order valence-corrected chi connectivity index (χ0v) is 15.0. The van der Waals surface area contributed by atoms with Gasteiger partial charge in [-0.25, -0.2) is 4.98 Å². The SMILES string of the molecule is CCn1c(NC(=O)[C@H]2C[C@@H](C(C)=O)C2(C)C)nc2cc(C#N)ccc21. The molecule has 2 aromatic rings. The van der Waals surface area contributed by atoms with Gasteiger partial charge in [0.1, 0.15) is 5.78 Å². The van der Waals surface area contributed by atoms with Crippen molar-refractivity contribution in [2.24, 2.45) is 17.3 Å². The van der Waals surface area contributed by atoms with Gasteiger partial charge in [-0.05, 0) is 43.9 Å². The molecule has 3 rings (SSSR count). The molecule has 2 atom stereocenters. The number of fused-ring (bicyclic) bond motifs is 1. The van der Waals surface area contributed by atoms with Crippen molar-refractivity contribution in [2.45, 2.75) is 40.7 Å². The Morgan fingerprint density at radius 3 is 2.68 bits per heavy atom. The smallest absolute Gasteiger partial charge is 0.230 e. The van der Waals surface area contributed by atoms with Crippen LogP contribution in [0, 0.1) is 28.6 Å². The summed E-state index contributed by atoms with van der Waals surface area (Å²) in [7, 11) is 0. The van der Waals surface area contributed by atoms with E-state index in [0.29, 0.717) is 30.0 Å². The van der Waals surface area contributed by atoms with Crippen molar-refractivity contribution >= 4 is 28.7 Å². The Morgan fingerprint density at radius 2 is 2.12 bits per heavy atom. The molecule has 25 heavy (non-hydrogen) atoms. The molecule has 0 bridgehead atoms. The van der Waals surface area contributed by atoms with Gasteiger partial charge >= 0.3 is 0 Å². The van der Waals surface area contributed by atoms with E-state index in [0.717, 1.165) is 5.52 Å². The molecule has 0 unspecified atom stereocenters. The highest BCUT2D eigenvalue weighted by Gasteiger charge is 2.53. The number of nitrogens with zero attached hydrogens (tertiary/aromatic N) is 3. The van der Waals surface area contributed by atoms with Crippen LogP contribution in [0.25, 0.3) is 11.0 Å². The fourth-order valence-electron chi connectivity index (χ4n) is 3.87. The second kappa shape index (κ2) is 5.99. The molecule has 1 aliphatic carbocycles. The third-order valence-electron chi connectivity index (χ3n) is 5.50. The number of benzene rings is 1. The number of amides is 1. The largest absolute Gasteiger partial charge is 0.310 e. The summed E-state index contributed by atoms with van der Waals surface area (Å²) in [6.07, 6.45) is 0.582. The molecule has 130 valence electrons. The van der Waals surface area contributed by atoms with E-state index in [1.807, 2.05) is 31.4 Å². The summed E-state index contributed by atoms with van der Waals surface area (Å²) in [6, 6.07) is 7.41. The number of ketones is 1. The molecule has 1 heterocycles. The predicted octanol–water partition coefficient (Wildman–Crippen LogP) is 3.12. The van der Waals surface area contributed by atoms with E-state index in [-0.39, 0.29) is 28.9 Å². The summed E-state index contributed by atoms with van der Waals surface area (Å²) in [4.78, 5) is 28.9. The summed E-state index contributed by atoms with van der Waals surface area (Å²) in [5.74, 6) is 0.249. The number of nitriles is 1. The van der Waals surface area contributed by atoms with Gasteiger partial charge in [0.2, 0.25) is 11.9 Å². The Morgan fingerprint density at radius 1 is 1.40 bits per heavy atom. The zero-order valence-electron chi connectivity index (χ0n) is 15.0. The van der Waals surface area contributed by atoms with Crippen LogP contribution in [-0.2, 0) is 16.1 Å². The fourth-order valence-corrected chi connectivity index (χ4v) is 3.87. The Hall–Kier alpha value is -2.68. The number of aryl methyl sites for hydroxylation is 1. The number of carbonyl (C=O) groups excluding carboxylic acids is 2. The van der Waals surface area contributed by atoms with E-state index in [2.05, 4.69) is 16.4 Å². The number of hydrogen-bond acceptors (Lipinski definition) is 4. The highest BCUT2D eigenvalue weighted by molar-refractivity contribution is 5.96. The molecule has 0 saturated heterocycles. The van der Waals surface area contributed by atoms with Gasteiger partial charge in [0, 0.05) is 18.4 Å². The molecule has 0 radical (unpaired) electrons. The van der Waals surface area contributed by atoms with E-state index in [4.69, 9.17) is 5.26 Å². The van der Waals surface area contributed by atoms with Crippen molar-refractivity contribution in [1.29, 1.82) is 5.26 Å². The Bertz CT molecular complexity index is 904. The minimum absolute atomic E-state index is 0.0635. The van der Waals surface area contributed by atoms with E-state index < -0.39 is 0 Å². The summed E-state index contributed by atoms with van der Waals surface area (Å²) in [5.41, 5.74) is 1.76. The number of imidazole rings is 1. The van der Waals surface area contributed by atoms with Crippen LogP contribution >= 0.6 is 0 Å². The average Bonchev–Trinajstić information content (AvgIpc) is 2.89. The van der Waals surface area contributed by atoms with E-state index in [9.17, 15) is 9.59 Å². The number of rotatable bonds is 4. The molecule has 0 aliphatic heterocycles. The van der Waals surface area contributed by atoms with E-state index in [1.165, 1.54) is 0 Å². The van der Waals surface area contributed by atoms with Crippen molar-refractivity contribution in [3.8, 4) is 6.07 Å². The molecule has 0 spiro atoms. The maximum atomic E-state index is 12.7. The van der Waals surface area contributed by atoms with Crippen LogP contribution < -0.4 is 5.32 Å². The highest BCUT2D eigenvalue weighted by Crippen LogP contribution is 2.52. The minimum Gasteiger partial charge on any atom is -0.310 e. The third-order valence-corrected chi connectivity index (χ3v) is 5.50. The first-order valence-electron chi connectivity index (χ1n) is 8.51. The first-order chi connectivity index (χ1) is 11.8. The van der Waals surface area contributed by atoms with Gasteiger partial charge in [-0.15, -0.1) is 0 Å².